The number of nitrogen functional groups attached to an aromatic ring is 1. The van der Waals surface area contributed by atoms with Crippen LogP contribution in [0, 0.1) is 5.92 Å². The predicted molar refractivity (Wildman–Crippen MR) is 88.7 cm³/mol. The average Bonchev–Trinajstić information content (AvgIpc) is 2.47. The summed E-state index contributed by atoms with van der Waals surface area (Å²) in [6.45, 7) is 0.848. The van der Waals surface area contributed by atoms with Gasteiger partial charge in [0.25, 0.3) is 5.91 Å². The SMILES string of the molecule is CN(CC1CCCCC1)C(=O)c1cc(N)ccc1N(C)C. The summed E-state index contributed by atoms with van der Waals surface area (Å²) < 4.78 is 0. The van der Waals surface area contributed by atoms with E-state index in [1.54, 1.807) is 6.07 Å². The fourth-order valence-corrected chi connectivity index (χ4v) is 3.16. The minimum atomic E-state index is 0.0663. The molecule has 4 nitrogen and oxygen atoms in total. The molecule has 2 rings (SSSR count). The van der Waals surface area contributed by atoms with Crippen LogP contribution in [0.15, 0.2) is 18.2 Å². The van der Waals surface area contributed by atoms with Crippen molar-refractivity contribution in [1.82, 2.24) is 4.90 Å². The molecule has 0 spiro atoms. The number of nitrogens with two attached hydrogens (primary N) is 1. The molecule has 21 heavy (non-hydrogen) atoms. The topological polar surface area (TPSA) is 49.6 Å². The Morgan fingerprint density at radius 2 is 1.86 bits per heavy atom. The molecule has 1 aliphatic rings. The molecule has 0 aliphatic heterocycles. The Morgan fingerprint density at radius 3 is 2.48 bits per heavy atom. The molecule has 1 amide bonds. The van der Waals surface area contributed by atoms with E-state index in [1.165, 1.54) is 32.1 Å². The number of hydrogen-bond donors (Lipinski definition) is 1. The third-order valence-corrected chi connectivity index (χ3v) is 4.34. The second-order valence-electron chi connectivity index (χ2n) is 6.36. The van der Waals surface area contributed by atoms with Gasteiger partial charge in [0.05, 0.1) is 5.56 Å². The van der Waals surface area contributed by atoms with Crippen LogP contribution in [0.2, 0.25) is 0 Å². The fraction of sp³-hybridized carbons (Fsp3) is 0.588. The first-order valence-corrected chi connectivity index (χ1v) is 7.81. The van der Waals surface area contributed by atoms with E-state index in [0.717, 1.165) is 12.2 Å². The lowest BCUT2D eigenvalue weighted by molar-refractivity contribution is 0.0761. The van der Waals surface area contributed by atoms with Gasteiger partial charge in [-0.2, -0.15) is 0 Å². The van der Waals surface area contributed by atoms with Crippen LogP contribution in [-0.2, 0) is 0 Å². The van der Waals surface area contributed by atoms with Crippen molar-refractivity contribution in [3.8, 4) is 0 Å². The number of nitrogens with zero attached hydrogens (tertiary/aromatic N) is 2. The minimum Gasteiger partial charge on any atom is -0.399 e. The largest absolute Gasteiger partial charge is 0.399 e. The summed E-state index contributed by atoms with van der Waals surface area (Å²) in [5, 5.41) is 0. The van der Waals surface area contributed by atoms with Crippen molar-refractivity contribution in [2.45, 2.75) is 32.1 Å². The van der Waals surface area contributed by atoms with Crippen molar-refractivity contribution in [3.05, 3.63) is 23.8 Å². The van der Waals surface area contributed by atoms with Gasteiger partial charge < -0.3 is 15.5 Å². The van der Waals surface area contributed by atoms with E-state index in [1.807, 2.05) is 43.1 Å². The van der Waals surface area contributed by atoms with Crippen molar-refractivity contribution in [1.29, 1.82) is 0 Å². The molecule has 0 atom stereocenters. The Morgan fingerprint density at radius 1 is 1.19 bits per heavy atom. The smallest absolute Gasteiger partial charge is 0.255 e. The maximum atomic E-state index is 12.7. The van der Waals surface area contributed by atoms with Crippen LogP contribution in [0.25, 0.3) is 0 Å². The van der Waals surface area contributed by atoms with Crippen molar-refractivity contribution in [3.63, 3.8) is 0 Å². The van der Waals surface area contributed by atoms with Crippen molar-refractivity contribution in [2.24, 2.45) is 5.92 Å². The zero-order chi connectivity index (χ0) is 15.4. The lowest BCUT2D eigenvalue weighted by atomic mass is 9.89. The highest BCUT2D eigenvalue weighted by molar-refractivity contribution is 6.00. The molecule has 1 aromatic rings. The number of anilines is 2. The van der Waals surface area contributed by atoms with Gasteiger partial charge in [0.1, 0.15) is 0 Å². The molecular weight excluding hydrogens is 262 g/mol. The highest BCUT2D eigenvalue weighted by atomic mass is 16.2. The second kappa shape index (κ2) is 6.83. The number of amides is 1. The zero-order valence-corrected chi connectivity index (χ0v) is 13.4. The van der Waals surface area contributed by atoms with Gasteiger partial charge in [-0.15, -0.1) is 0 Å². The van der Waals surface area contributed by atoms with E-state index in [2.05, 4.69) is 0 Å². The van der Waals surface area contributed by atoms with E-state index in [9.17, 15) is 4.79 Å². The van der Waals surface area contributed by atoms with Crippen molar-refractivity contribution >= 4 is 17.3 Å². The van der Waals surface area contributed by atoms with Crippen LogP contribution >= 0.6 is 0 Å². The van der Waals surface area contributed by atoms with Gasteiger partial charge in [-0.3, -0.25) is 4.79 Å². The summed E-state index contributed by atoms with van der Waals surface area (Å²) in [5.41, 5.74) is 8.11. The Bertz CT molecular complexity index is 493. The van der Waals surface area contributed by atoms with Gasteiger partial charge in [0, 0.05) is 39.1 Å². The van der Waals surface area contributed by atoms with Crippen LogP contribution in [-0.4, -0.2) is 38.5 Å². The van der Waals surface area contributed by atoms with Crippen LogP contribution in [0.3, 0.4) is 0 Å². The Hall–Kier alpha value is -1.71. The summed E-state index contributed by atoms with van der Waals surface area (Å²) in [6, 6.07) is 5.54. The van der Waals surface area contributed by atoms with Gasteiger partial charge in [-0.05, 0) is 37.0 Å². The minimum absolute atomic E-state index is 0.0663. The molecule has 1 aromatic carbocycles. The summed E-state index contributed by atoms with van der Waals surface area (Å²) >= 11 is 0. The average molecular weight is 289 g/mol. The van der Waals surface area contributed by atoms with Crippen LogP contribution in [0.1, 0.15) is 42.5 Å². The highest BCUT2D eigenvalue weighted by Gasteiger charge is 2.21. The Balaban J connectivity index is 2.12. The lowest BCUT2D eigenvalue weighted by Crippen LogP contribution is -2.33. The Labute approximate surface area is 127 Å². The number of carbonyl (C=O) groups is 1. The second-order valence-corrected chi connectivity index (χ2v) is 6.36. The Kier molecular flexibility index (Phi) is 5.10. The zero-order valence-electron chi connectivity index (χ0n) is 13.4. The standard InChI is InChI=1S/C17H27N3O/c1-19(2)16-10-9-14(18)11-15(16)17(21)20(3)12-13-7-5-4-6-8-13/h9-11,13H,4-8,12,18H2,1-3H3. The van der Waals surface area contributed by atoms with Crippen LogP contribution < -0.4 is 10.6 Å². The molecule has 1 fully saturated rings. The molecule has 0 unspecified atom stereocenters. The molecule has 1 saturated carbocycles. The molecule has 4 heteroatoms. The van der Waals surface area contributed by atoms with E-state index in [4.69, 9.17) is 5.73 Å². The summed E-state index contributed by atoms with van der Waals surface area (Å²) in [6.07, 6.45) is 6.43. The monoisotopic (exact) mass is 289 g/mol. The first-order chi connectivity index (χ1) is 9.99. The van der Waals surface area contributed by atoms with Crippen LogP contribution in [0.5, 0.6) is 0 Å². The normalized spacial score (nSPS) is 15.8. The number of carbonyl (C=O) groups excluding carboxylic acids is 1. The predicted octanol–water partition coefficient (Wildman–Crippen LogP) is 2.99. The van der Waals surface area contributed by atoms with Crippen molar-refractivity contribution < 1.29 is 4.79 Å². The quantitative estimate of drug-likeness (QED) is 0.867. The van der Waals surface area contributed by atoms with E-state index < -0.39 is 0 Å². The lowest BCUT2D eigenvalue weighted by Gasteiger charge is -2.28. The van der Waals surface area contributed by atoms with Crippen LogP contribution in [0.4, 0.5) is 11.4 Å². The van der Waals surface area contributed by atoms with E-state index >= 15 is 0 Å². The molecule has 0 saturated heterocycles. The summed E-state index contributed by atoms with van der Waals surface area (Å²) in [4.78, 5) is 16.6. The molecule has 116 valence electrons. The summed E-state index contributed by atoms with van der Waals surface area (Å²) in [5.74, 6) is 0.716. The van der Waals surface area contributed by atoms with Gasteiger partial charge in [0.2, 0.25) is 0 Å². The number of benzene rings is 1. The number of rotatable bonds is 4. The molecule has 0 heterocycles. The van der Waals surface area contributed by atoms with Gasteiger partial charge >= 0.3 is 0 Å². The molecule has 0 aromatic heterocycles. The maximum absolute atomic E-state index is 12.7. The molecule has 0 radical (unpaired) electrons. The maximum Gasteiger partial charge on any atom is 0.255 e. The summed E-state index contributed by atoms with van der Waals surface area (Å²) in [7, 11) is 5.80. The van der Waals surface area contributed by atoms with Crippen molar-refractivity contribution in [2.75, 3.05) is 38.3 Å². The third kappa shape index (κ3) is 3.90. The van der Waals surface area contributed by atoms with Gasteiger partial charge in [0.15, 0.2) is 0 Å². The van der Waals surface area contributed by atoms with E-state index in [0.29, 0.717) is 17.2 Å². The molecular formula is C17H27N3O. The molecule has 0 bridgehead atoms. The first kappa shape index (κ1) is 15.7. The molecule has 2 N–H and O–H groups in total. The van der Waals surface area contributed by atoms with Gasteiger partial charge in [-0.25, -0.2) is 0 Å². The fourth-order valence-electron chi connectivity index (χ4n) is 3.16. The van der Waals surface area contributed by atoms with Gasteiger partial charge in [-0.1, -0.05) is 19.3 Å². The number of hydrogen-bond acceptors (Lipinski definition) is 3. The first-order valence-electron chi connectivity index (χ1n) is 7.81. The highest BCUT2D eigenvalue weighted by Crippen LogP contribution is 2.26. The third-order valence-electron chi connectivity index (χ3n) is 4.34. The molecule has 1 aliphatic carbocycles. The van der Waals surface area contributed by atoms with E-state index in [-0.39, 0.29) is 5.91 Å².